The lowest BCUT2D eigenvalue weighted by molar-refractivity contribution is -0.0212. The van der Waals surface area contributed by atoms with Crippen molar-refractivity contribution < 1.29 is 18.7 Å². The molecule has 0 spiro atoms. The van der Waals surface area contributed by atoms with Crippen LogP contribution in [0.1, 0.15) is 59.8 Å². The van der Waals surface area contributed by atoms with E-state index in [0.29, 0.717) is 22.7 Å². The topological polar surface area (TPSA) is 95.0 Å². The first-order valence-electron chi connectivity index (χ1n) is 11.3. The van der Waals surface area contributed by atoms with Gasteiger partial charge in [0, 0.05) is 36.4 Å². The Balaban J connectivity index is 1.61. The Bertz CT molecular complexity index is 1260. The van der Waals surface area contributed by atoms with Gasteiger partial charge in [0.25, 0.3) is 12.3 Å². The summed E-state index contributed by atoms with van der Waals surface area (Å²) in [6.45, 7) is 2.94. The molecule has 1 aliphatic heterocycles. The van der Waals surface area contributed by atoms with Gasteiger partial charge in [-0.2, -0.15) is 10.4 Å². The third-order valence-electron chi connectivity index (χ3n) is 6.23. The molecule has 1 fully saturated rings. The molecule has 0 radical (unpaired) electrons. The predicted molar refractivity (Wildman–Crippen MR) is 126 cm³/mol. The van der Waals surface area contributed by atoms with Gasteiger partial charge in [-0.3, -0.25) is 9.48 Å². The summed E-state index contributed by atoms with van der Waals surface area (Å²) in [4.78, 5) is 18.7. The molecule has 7 nitrogen and oxygen atoms in total. The third-order valence-corrected chi connectivity index (χ3v) is 6.48. The summed E-state index contributed by atoms with van der Waals surface area (Å²) in [5.41, 5.74) is -0.929. The van der Waals surface area contributed by atoms with Gasteiger partial charge in [0.05, 0.1) is 28.6 Å². The van der Waals surface area contributed by atoms with Gasteiger partial charge in [-0.05, 0) is 43.0 Å². The number of aliphatic hydroxyl groups is 1. The number of likely N-dealkylation sites (tertiary alicyclic amines) is 1. The Morgan fingerprint density at radius 3 is 2.57 bits per heavy atom. The van der Waals surface area contributed by atoms with Crippen LogP contribution in [-0.2, 0) is 12.1 Å². The predicted octanol–water partition coefficient (Wildman–Crippen LogP) is 4.94. The van der Waals surface area contributed by atoms with Gasteiger partial charge in [-0.15, -0.1) is 0 Å². The molecule has 0 saturated carbocycles. The molecule has 35 heavy (non-hydrogen) atoms. The van der Waals surface area contributed by atoms with Crippen LogP contribution in [0.3, 0.4) is 0 Å². The maximum absolute atomic E-state index is 14.0. The van der Waals surface area contributed by atoms with E-state index in [-0.39, 0.29) is 42.8 Å². The lowest BCUT2D eigenvalue weighted by atomic mass is 9.84. The molecule has 1 aromatic carbocycles. The first kappa shape index (κ1) is 24.8. The zero-order valence-corrected chi connectivity index (χ0v) is 19.8. The standard InChI is InChI=1S/C25H24ClF2N5O2/c1-2-9-33-15-17(14-30-33)21-16(13-29)12-20(22(31-21)23(27)28)24(34)32-10-7-25(35,8-11-32)18-3-5-19(26)6-4-18/h3-6,12,14-15,23,35H,2,7-11H2,1H3. The number of amides is 1. The van der Waals surface area contributed by atoms with Crippen LogP contribution in [0.5, 0.6) is 0 Å². The van der Waals surface area contributed by atoms with Crippen molar-refractivity contribution in [3.63, 3.8) is 0 Å². The summed E-state index contributed by atoms with van der Waals surface area (Å²) < 4.78 is 29.7. The van der Waals surface area contributed by atoms with Crippen LogP contribution in [0.15, 0.2) is 42.7 Å². The number of pyridine rings is 1. The van der Waals surface area contributed by atoms with Crippen molar-refractivity contribution >= 4 is 17.5 Å². The molecular weight excluding hydrogens is 476 g/mol. The van der Waals surface area contributed by atoms with Crippen LogP contribution in [0.2, 0.25) is 5.02 Å². The highest BCUT2D eigenvalue weighted by atomic mass is 35.5. The molecule has 4 rings (SSSR count). The van der Waals surface area contributed by atoms with Gasteiger partial charge < -0.3 is 10.0 Å². The number of halogens is 3. The molecule has 10 heteroatoms. The molecule has 0 aliphatic carbocycles. The highest BCUT2D eigenvalue weighted by molar-refractivity contribution is 6.30. The fraction of sp³-hybridized carbons (Fsp3) is 0.360. The van der Waals surface area contributed by atoms with Crippen LogP contribution in [-0.4, -0.2) is 43.8 Å². The second-order valence-electron chi connectivity index (χ2n) is 8.55. The molecule has 2 aromatic heterocycles. The van der Waals surface area contributed by atoms with E-state index >= 15 is 0 Å². The zero-order chi connectivity index (χ0) is 25.2. The number of carbonyl (C=O) groups is 1. The van der Waals surface area contributed by atoms with Crippen LogP contribution in [0.4, 0.5) is 8.78 Å². The van der Waals surface area contributed by atoms with Crippen molar-refractivity contribution in [3.05, 3.63) is 70.1 Å². The van der Waals surface area contributed by atoms with E-state index < -0.39 is 23.6 Å². The molecular formula is C25H24ClF2N5O2. The summed E-state index contributed by atoms with van der Waals surface area (Å²) >= 11 is 5.93. The van der Waals surface area contributed by atoms with Gasteiger partial charge in [0.1, 0.15) is 11.8 Å². The Morgan fingerprint density at radius 1 is 1.29 bits per heavy atom. The fourth-order valence-electron chi connectivity index (χ4n) is 4.31. The summed E-state index contributed by atoms with van der Waals surface area (Å²) in [6, 6.07) is 10.00. The largest absolute Gasteiger partial charge is 0.385 e. The van der Waals surface area contributed by atoms with Crippen molar-refractivity contribution in [2.24, 2.45) is 0 Å². The van der Waals surface area contributed by atoms with E-state index in [9.17, 15) is 23.9 Å². The average molecular weight is 500 g/mol. The van der Waals surface area contributed by atoms with Crippen molar-refractivity contribution in [3.8, 4) is 17.3 Å². The number of aryl methyl sites for hydroxylation is 1. The summed E-state index contributed by atoms with van der Waals surface area (Å²) in [5, 5.41) is 25.5. The average Bonchev–Trinajstić information content (AvgIpc) is 3.32. The molecule has 3 aromatic rings. The SMILES string of the molecule is CCCn1cc(-c2nc(C(F)F)c(C(=O)N3CCC(O)(c4ccc(Cl)cc4)CC3)cc2C#N)cn1. The number of hydrogen-bond acceptors (Lipinski definition) is 5. The molecule has 1 aliphatic rings. The third kappa shape index (κ3) is 5.04. The van der Waals surface area contributed by atoms with E-state index in [4.69, 9.17) is 11.6 Å². The zero-order valence-electron chi connectivity index (χ0n) is 19.1. The minimum atomic E-state index is -3.01. The highest BCUT2D eigenvalue weighted by Crippen LogP contribution is 2.35. The second-order valence-corrected chi connectivity index (χ2v) is 8.99. The highest BCUT2D eigenvalue weighted by Gasteiger charge is 2.37. The molecule has 0 bridgehead atoms. The van der Waals surface area contributed by atoms with Crippen LogP contribution < -0.4 is 0 Å². The molecule has 182 valence electrons. The number of nitrogens with zero attached hydrogens (tertiary/aromatic N) is 5. The molecule has 3 heterocycles. The summed E-state index contributed by atoms with van der Waals surface area (Å²) in [6.07, 6.45) is 1.40. The van der Waals surface area contributed by atoms with Gasteiger partial charge in [0.15, 0.2) is 0 Å². The molecule has 0 atom stereocenters. The van der Waals surface area contributed by atoms with E-state index in [2.05, 4.69) is 10.1 Å². The monoisotopic (exact) mass is 499 g/mol. The lowest BCUT2D eigenvalue weighted by Crippen LogP contribution is -2.45. The van der Waals surface area contributed by atoms with E-state index in [0.717, 1.165) is 6.42 Å². The Labute approximate surface area is 206 Å². The number of alkyl halides is 2. The van der Waals surface area contributed by atoms with Gasteiger partial charge in [0.2, 0.25) is 0 Å². The number of rotatable bonds is 6. The molecule has 1 saturated heterocycles. The number of aromatic nitrogens is 3. The summed E-state index contributed by atoms with van der Waals surface area (Å²) in [5.74, 6) is -0.643. The normalized spacial score (nSPS) is 15.3. The number of piperidine rings is 1. The second kappa shape index (κ2) is 10.1. The van der Waals surface area contributed by atoms with E-state index in [1.165, 1.54) is 17.2 Å². The van der Waals surface area contributed by atoms with Crippen LogP contribution in [0, 0.1) is 11.3 Å². The minimum absolute atomic E-state index is 0.0171. The molecule has 1 amide bonds. The minimum Gasteiger partial charge on any atom is -0.385 e. The van der Waals surface area contributed by atoms with Crippen LogP contribution in [0.25, 0.3) is 11.3 Å². The molecule has 1 N–H and O–H groups in total. The van der Waals surface area contributed by atoms with Crippen molar-refractivity contribution in [1.29, 1.82) is 5.26 Å². The van der Waals surface area contributed by atoms with Gasteiger partial charge in [-0.25, -0.2) is 13.8 Å². The first-order valence-corrected chi connectivity index (χ1v) is 11.7. The number of hydrogen-bond donors (Lipinski definition) is 1. The van der Waals surface area contributed by atoms with Crippen molar-refractivity contribution in [1.82, 2.24) is 19.7 Å². The lowest BCUT2D eigenvalue weighted by Gasteiger charge is -2.38. The summed E-state index contributed by atoms with van der Waals surface area (Å²) in [7, 11) is 0. The Kier molecular flexibility index (Phi) is 7.15. The maximum atomic E-state index is 14.0. The fourth-order valence-corrected chi connectivity index (χ4v) is 4.43. The maximum Gasteiger partial charge on any atom is 0.281 e. The van der Waals surface area contributed by atoms with Crippen molar-refractivity contribution in [2.75, 3.05) is 13.1 Å². The number of carbonyl (C=O) groups excluding carboxylic acids is 1. The van der Waals surface area contributed by atoms with Gasteiger partial charge in [-0.1, -0.05) is 30.7 Å². The van der Waals surface area contributed by atoms with E-state index in [1.807, 2.05) is 13.0 Å². The quantitative estimate of drug-likeness (QED) is 0.518. The number of nitriles is 1. The van der Waals surface area contributed by atoms with E-state index in [1.54, 1.807) is 35.1 Å². The smallest absolute Gasteiger partial charge is 0.281 e. The van der Waals surface area contributed by atoms with Gasteiger partial charge >= 0.3 is 0 Å². The number of benzene rings is 1. The van der Waals surface area contributed by atoms with Crippen LogP contribution >= 0.6 is 11.6 Å². The Hall–Kier alpha value is -3.35. The first-order chi connectivity index (χ1) is 16.8. The Morgan fingerprint density at radius 2 is 1.97 bits per heavy atom. The van der Waals surface area contributed by atoms with Crippen molar-refractivity contribution in [2.45, 2.75) is 44.8 Å². The molecule has 0 unspecified atom stereocenters.